The monoisotopic (exact) mass is 338 g/mol. The lowest BCUT2D eigenvalue weighted by atomic mass is 10.1. The molecule has 25 heavy (non-hydrogen) atoms. The van der Waals surface area contributed by atoms with Crippen LogP contribution in [-0.2, 0) is 24.7 Å². The highest BCUT2D eigenvalue weighted by atomic mass is 16.1. The number of aryl methyl sites for hydroxylation is 3. The molecule has 130 valence electrons. The Labute approximate surface area is 146 Å². The molecule has 7 heteroatoms. The molecule has 0 aliphatic carbocycles. The van der Waals surface area contributed by atoms with Crippen LogP contribution in [0.2, 0.25) is 0 Å². The fourth-order valence-electron chi connectivity index (χ4n) is 2.63. The van der Waals surface area contributed by atoms with Gasteiger partial charge in [-0.15, -0.1) is 0 Å². The van der Waals surface area contributed by atoms with E-state index in [-0.39, 0.29) is 5.91 Å². The molecule has 0 saturated heterocycles. The van der Waals surface area contributed by atoms with E-state index in [0.717, 1.165) is 35.5 Å². The molecule has 0 spiro atoms. The lowest BCUT2D eigenvalue weighted by Crippen LogP contribution is -2.26. The smallest absolute Gasteiger partial charge is 0.216 e. The molecule has 7 nitrogen and oxygen atoms in total. The van der Waals surface area contributed by atoms with E-state index in [1.165, 1.54) is 12.5 Å². The quantitative estimate of drug-likeness (QED) is 0.641. The third-order valence-electron chi connectivity index (χ3n) is 3.91. The van der Waals surface area contributed by atoms with E-state index in [1.807, 2.05) is 25.2 Å². The van der Waals surface area contributed by atoms with Crippen LogP contribution in [-0.4, -0.2) is 38.7 Å². The largest absolute Gasteiger partial charge is 0.368 e. The van der Waals surface area contributed by atoms with E-state index in [4.69, 9.17) is 0 Å². The van der Waals surface area contributed by atoms with Gasteiger partial charge >= 0.3 is 0 Å². The Kier molecular flexibility index (Phi) is 5.23. The van der Waals surface area contributed by atoms with Crippen molar-refractivity contribution >= 4 is 22.8 Å². The van der Waals surface area contributed by atoms with Gasteiger partial charge in [0.25, 0.3) is 0 Å². The summed E-state index contributed by atoms with van der Waals surface area (Å²) in [5.74, 6) is 1.49. The van der Waals surface area contributed by atoms with E-state index in [9.17, 15) is 4.79 Å². The topological polar surface area (TPSA) is 84.7 Å². The molecule has 2 N–H and O–H groups in total. The fourth-order valence-corrected chi connectivity index (χ4v) is 2.63. The molecular weight excluding hydrogens is 316 g/mol. The van der Waals surface area contributed by atoms with Gasteiger partial charge < -0.3 is 10.6 Å². The first-order valence-corrected chi connectivity index (χ1v) is 8.34. The molecule has 1 aromatic carbocycles. The summed E-state index contributed by atoms with van der Waals surface area (Å²) in [5.41, 5.74) is 2.07. The summed E-state index contributed by atoms with van der Waals surface area (Å²) >= 11 is 0. The zero-order valence-corrected chi connectivity index (χ0v) is 14.5. The molecule has 0 bridgehead atoms. The van der Waals surface area contributed by atoms with Crippen molar-refractivity contribution in [3.05, 3.63) is 47.9 Å². The highest BCUT2D eigenvalue weighted by molar-refractivity contribution is 5.86. The number of benzene rings is 1. The van der Waals surface area contributed by atoms with Gasteiger partial charge in [0, 0.05) is 33.5 Å². The first-order valence-electron chi connectivity index (χ1n) is 8.34. The Balaban J connectivity index is 1.76. The molecule has 1 amide bonds. The van der Waals surface area contributed by atoms with Gasteiger partial charge in [-0.25, -0.2) is 9.97 Å². The number of nitrogens with zero attached hydrogens (tertiary/aromatic N) is 4. The fraction of sp³-hybridized carbons (Fsp3) is 0.333. The normalized spacial score (nSPS) is 10.8. The third kappa shape index (κ3) is 4.32. The SMILES string of the molecule is CC(=O)NCCNc1nc(CCc2ccccc2)nc2c1cnn2C. The molecule has 3 aromatic rings. The summed E-state index contributed by atoms with van der Waals surface area (Å²) in [6, 6.07) is 10.3. The molecule has 2 heterocycles. The van der Waals surface area contributed by atoms with Gasteiger partial charge in [0.2, 0.25) is 5.91 Å². The third-order valence-corrected chi connectivity index (χ3v) is 3.91. The van der Waals surface area contributed by atoms with Gasteiger partial charge in [-0.1, -0.05) is 30.3 Å². The van der Waals surface area contributed by atoms with Gasteiger partial charge in [0.15, 0.2) is 5.65 Å². The molecular formula is C18H22N6O. The lowest BCUT2D eigenvalue weighted by molar-refractivity contribution is -0.118. The molecule has 0 fully saturated rings. The van der Waals surface area contributed by atoms with Crippen LogP contribution in [0.5, 0.6) is 0 Å². The van der Waals surface area contributed by atoms with Crippen molar-refractivity contribution < 1.29 is 4.79 Å². The first-order chi connectivity index (χ1) is 12.1. The van der Waals surface area contributed by atoms with E-state index >= 15 is 0 Å². The number of rotatable bonds is 7. The van der Waals surface area contributed by atoms with Crippen LogP contribution in [0.4, 0.5) is 5.82 Å². The van der Waals surface area contributed by atoms with Crippen molar-refractivity contribution in [2.24, 2.45) is 7.05 Å². The van der Waals surface area contributed by atoms with Crippen LogP contribution >= 0.6 is 0 Å². The van der Waals surface area contributed by atoms with Gasteiger partial charge in [0.1, 0.15) is 11.6 Å². The lowest BCUT2D eigenvalue weighted by Gasteiger charge is -2.09. The second-order valence-corrected chi connectivity index (χ2v) is 5.89. The van der Waals surface area contributed by atoms with Crippen LogP contribution in [0.25, 0.3) is 11.0 Å². The Bertz CT molecular complexity index is 859. The summed E-state index contributed by atoms with van der Waals surface area (Å²) in [7, 11) is 1.87. The summed E-state index contributed by atoms with van der Waals surface area (Å²) in [5, 5.41) is 11.2. The van der Waals surface area contributed by atoms with Crippen molar-refractivity contribution in [3.8, 4) is 0 Å². The number of carbonyl (C=O) groups is 1. The second kappa shape index (κ2) is 7.74. The predicted octanol–water partition coefficient (Wildman–Crippen LogP) is 1.70. The number of carbonyl (C=O) groups excluding carboxylic acids is 1. The van der Waals surface area contributed by atoms with E-state index < -0.39 is 0 Å². The van der Waals surface area contributed by atoms with Crippen molar-refractivity contribution in [3.63, 3.8) is 0 Å². The molecule has 0 saturated carbocycles. The molecule has 3 rings (SSSR count). The minimum absolute atomic E-state index is 0.0421. The number of aromatic nitrogens is 4. The molecule has 0 unspecified atom stereocenters. The summed E-state index contributed by atoms with van der Waals surface area (Å²) < 4.78 is 1.75. The van der Waals surface area contributed by atoms with Crippen molar-refractivity contribution in [1.82, 2.24) is 25.1 Å². The molecule has 0 aliphatic rings. The maximum Gasteiger partial charge on any atom is 0.216 e. The number of fused-ring (bicyclic) bond motifs is 1. The van der Waals surface area contributed by atoms with E-state index in [2.05, 4.69) is 37.8 Å². The van der Waals surface area contributed by atoms with Crippen LogP contribution in [0.3, 0.4) is 0 Å². The average Bonchev–Trinajstić information content (AvgIpc) is 2.99. The number of hydrogen-bond donors (Lipinski definition) is 2. The van der Waals surface area contributed by atoms with E-state index in [1.54, 1.807) is 10.9 Å². The number of nitrogens with one attached hydrogen (secondary N) is 2. The van der Waals surface area contributed by atoms with Crippen LogP contribution in [0.1, 0.15) is 18.3 Å². The Morgan fingerprint density at radius 3 is 2.68 bits per heavy atom. The van der Waals surface area contributed by atoms with Crippen molar-refractivity contribution in [1.29, 1.82) is 0 Å². The zero-order valence-electron chi connectivity index (χ0n) is 14.5. The van der Waals surface area contributed by atoms with Gasteiger partial charge in [-0.2, -0.15) is 5.10 Å². The molecule has 2 aromatic heterocycles. The van der Waals surface area contributed by atoms with Crippen LogP contribution in [0.15, 0.2) is 36.5 Å². The van der Waals surface area contributed by atoms with Crippen molar-refractivity contribution in [2.45, 2.75) is 19.8 Å². The molecule has 0 atom stereocenters. The standard InChI is InChI=1S/C18H22N6O/c1-13(25)19-10-11-20-17-15-12-21-24(2)18(15)23-16(22-17)9-8-14-6-4-3-5-7-14/h3-7,12H,8-11H2,1-2H3,(H,19,25)(H,20,22,23). The van der Waals surface area contributed by atoms with Crippen LogP contribution in [0, 0.1) is 0 Å². The van der Waals surface area contributed by atoms with Crippen molar-refractivity contribution in [2.75, 3.05) is 18.4 Å². The van der Waals surface area contributed by atoms with Gasteiger partial charge in [-0.05, 0) is 12.0 Å². The Morgan fingerprint density at radius 2 is 1.92 bits per heavy atom. The second-order valence-electron chi connectivity index (χ2n) is 5.89. The minimum Gasteiger partial charge on any atom is -0.368 e. The van der Waals surface area contributed by atoms with Gasteiger partial charge in [0.05, 0.1) is 11.6 Å². The summed E-state index contributed by atoms with van der Waals surface area (Å²) in [6.45, 7) is 2.64. The number of amides is 1. The molecule has 0 aliphatic heterocycles. The summed E-state index contributed by atoms with van der Waals surface area (Å²) in [4.78, 5) is 20.3. The minimum atomic E-state index is -0.0421. The highest BCUT2D eigenvalue weighted by Gasteiger charge is 2.11. The molecule has 0 radical (unpaired) electrons. The number of anilines is 1. The first kappa shape index (κ1) is 16.9. The van der Waals surface area contributed by atoms with Crippen LogP contribution < -0.4 is 10.6 Å². The summed E-state index contributed by atoms with van der Waals surface area (Å²) in [6.07, 6.45) is 3.40. The maximum atomic E-state index is 11.0. The van der Waals surface area contributed by atoms with Gasteiger partial charge in [-0.3, -0.25) is 9.48 Å². The maximum absolute atomic E-state index is 11.0. The van der Waals surface area contributed by atoms with E-state index in [0.29, 0.717) is 13.1 Å². The highest BCUT2D eigenvalue weighted by Crippen LogP contribution is 2.20. The Morgan fingerprint density at radius 1 is 1.12 bits per heavy atom. The Hall–Kier alpha value is -2.96. The average molecular weight is 338 g/mol. The number of hydrogen-bond acceptors (Lipinski definition) is 5. The predicted molar refractivity (Wildman–Crippen MR) is 97.3 cm³/mol. The zero-order chi connectivity index (χ0) is 17.6.